The Labute approximate surface area is 220 Å². The largest absolute Gasteiger partial charge is 0.464 e. The van der Waals surface area contributed by atoms with Crippen molar-refractivity contribution in [3.05, 3.63) is 82.6 Å². The van der Waals surface area contributed by atoms with E-state index in [0.717, 1.165) is 15.4 Å². The zero-order chi connectivity index (χ0) is 26.3. The Hall–Kier alpha value is -2.87. The number of nitrogens with two attached hydrogens (primary N) is 1. The molecule has 0 aliphatic carbocycles. The monoisotopic (exact) mass is 529 g/mol. The van der Waals surface area contributed by atoms with E-state index in [0.29, 0.717) is 29.0 Å². The van der Waals surface area contributed by atoms with E-state index < -0.39 is 17.5 Å². The summed E-state index contributed by atoms with van der Waals surface area (Å²) in [7, 11) is 0. The molecule has 0 radical (unpaired) electrons. The molecule has 0 heterocycles. The summed E-state index contributed by atoms with van der Waals surface area (Å²) in [6.07, 6.45) is 0.804. The molecule has 0 aromatic heterocycles. The Morgan fingerprint density at radius 3 is 2.11 bits per heavy atom. The number of rotatable bonds is 10. The Kier molecular flexibility index (Phi) is 9.54. The number of halogens is 2. The molecule has 0 fully saturated rings. The summed E-state index contributed by atoms with van der Waals surface area (Å²) in [4.78, 5) is 24.3. The third-order valence-corrected chi connectivity index (χ3v) is 6.93. The van der Waals surface area contributed by atoms with E-state index in [9.17, 15) is 14.0 Å². The number of ether oxygens (including phenoxy) is 2. The van der Waals surface area contributed by atoms with E-state index in [-0.39, 0.29) is 19.0 Å². The molecule has 2 N–H and O–H groups in total. The van der Waals surface area contributed by atoms with Crippen molar-refractivity contribution in [1.29, 1.82) is 0 Å². The molecule has 3 aromatic rings. The molecular weight excluding hydrogens is 501 g/mol. The SMILES string of the molecule is CC(=O)OCC(N)(CCc1ccc(-c2ccc(Sc3ccc(C)cc3)cc2F)cc1Cl)COC(C)=O. The molecule has 3 aromatic carbocycles. The fraction of sp³-hybridized carbons (Fsp3) is 0.286. The third-order valence-electron chi connectivity index (χ3n) is 5.58. The third kappa shape index (κ3) is 8.08. The maximum atomic E-state index is 15.0. The highest BCUT2D eigenvalue weighted by atomic mass is 35.5. The van der Waals surface area contributed by atoms with Gasteiger partial charge in [0.2, 0.25) is 0 Å². The van der Waals surface area contributed by atoms with Gasteiger partial charge >= 0.3 is 11.9 Å². The predicted molar refractivity (Wildman–Crippen MR) is 141 cm³/mol. The maximum Gasteiger partial charge on any atom is 0.302 e. The molecular formula is C28H29ClFNO4S. The van der Waals surface area contributed by atoms with Gasteiger partial charge < -0.3 is 15.2 Å². The van der Waals surface area contributed by atoms with Crippen molar-refractivity contribution in [2.75, 3.05) is 13.2 Å². The van der Waals surface area contributed by atoms with E-state index >= 15 is 0 Å². The highest BCUT2D eigenvalue weighted by Crippen LogP contribution is 2.33. The molecule has 0 saturated carbocycles. The molecule has 0 saturated heterocycles. The molecule has 0 aliphatic heterocycles. The zero-order valence-corrected chi connectivity index (χ0v) is 22.0. The van der Waals surface area contributed by atoms with Gasteiger partial charge in [0, 0.05) is 34.2 Å². The minimum atomic E-state index is -1.06. The van der Waals surface area contributed by atoms with Crippen LogP contribution in [0.2, 0.25) is 5.02 Å². The average Bonchev–Trinajstić information content (AvgIpc) is 2.82. The Morgan fingerprint density at radius 2 is 1.56 bits per heavy atom. The lowest BCUT2D eigenvalue weighted by Gasteiger charge is -2.28. The number of hydrogen-bond donors (Lipinski definition) is 1. The Bertz CT molecular complexity index is 1210. The van der Waals surface area contributed by atoms with E-state index in [2.05, 4.69) is 0 Å². The van der Waals surface area contributed by atoms with Gasteiger partial charge in [-0.2, -0.15) is 0 Å². The summed E-state index contributed by atoms with van der Waals surface area (Å²) in [5.74, 6) is -1.28. The lowest BCUT2D eigenvalue weighted by Crippen LogP contribution is -2.50. The molecule has 8 heteroatoms. The van der Waals surface area contributed by atoms with Gasteiger partial charge in [-0.1, -0.05) is 59.3 Å². The molecule has 36 heavy (non-hydrogen) atoms. The van der Waals surface area contributed by atoms with Gasteiger partial charge in [0.15, 0.2) is 0 Å². The van der Waals surface area contributed by atoms with Crippen LogP contribution in [0.5, 0.6) is 0 Å². The van der Waals surface area contributed by atoms with Crippen LogP contribution < -0.4 is 5.73 Å². The first-order valence-electron chi connectivity index (χ1n) is 11.4. The zero-order valence-electron chi connectivity index (χ0n) is 20.5. The molecule has 0 amide bonds. The highest BCUT2D eigenvalue weighted by Gasteiger charge is 2.28. The molecule has 5 nitrogen and oxygen atoms in total. The normalized spacial score (nSPS) is 11.3. The van der Waals surface area contributed by atoms with Crippen molar-refractivity contribution in [2.24, 2.45) is 5.73 Å². The summed E-state index contributed by atoms with van der Waals surface area (Å²) in [6.45, 7) is 4.41. The molecule has 0 atom stereocenters. The first-order chi connectivity index (χ1) is 17.0. The highest BCUT2D eigenvalue weighted by molar-refractivity contribution is 7.99. The number of aryl methyl sites for hydroxylation is 2. The van der Waals surface area contributed by atoms with Crippen molar-refractivity contribution in [1.82, 2.24) is 0 Å². The number of hydrogen-bond acceptors (Lipinski definition) is 6. The first-order valence-corrected chi connectivity index (χ1v) is 12.6. The number of benzene rings is 3. The number of esters is 2. The Balaban J connectivity index is 1.71. The smallest absolute Gasteiger partial charge is 0.302 e. The lowest BCUT2D eigenvalue weighted by molar-refractivity contribution is -0.147. The van der Waals surface area contributed by atoms with Crippen molar-refractivity contribution < 1.29 is 23.5 Å². The molecule has 0 bridgehead atoms. The van der Waals surface area contributed by atoms with Gasteiger partial charge in [0.1, 0.15) is 19.0 Å². The second-order valence-corrected chi connectivity index (χ2v) is 10.3. The summed E-state index contributed by atoms with van der Waals surface area (Å²) in [5, 5.41) is 0.465. The standard InChI is InChI=1S/C28H29ClFNO4S/c1-18-4-8-23(9-5-18)36-24-10-11-25(27(30)15-24)22-7-6-21(26(29)14-22)12-13-28(31,16-34-19(2)32)17-35-20(3)33/h4-11,14-15H,12-13,16-17,31H2,1-3H3. The van der Waals surface area contributed by atoms with Crippen LogP contribution in [0, 0.1) is 12.7 Å². The molecule has 190 valence electrons. The van der Waals surface area contributed by atoms with Crippen LogP contribution in [0.15, 0.2) is 70.5 Å². The van der Waals surface area contributed by atoms with Crippen molar-refractivity contribution in [3.63, 3.8) is 0 Å². The summed E-state index contributed by atoms with van der Waals surface area (Å²) < 4.78 is 25.1. The van der Waals surface area contributed by atoms with Crippen molar-refractivity contribution in [2.45, 2.75) is 48.9 Å². The van der Waals surface area contributed by atoms with Crippen LogP contribution in [0.1, 0.15) is 31.4 Å². The molecule has 0 aliphatic rings. The molecule has 0 spiro atoms. The van der Waals surface area contributed by atoms with Gasteiger partial charge in [-0.3, -0.25) is 9.59 Å². The second-order valence-electron chi connectivity index (χ2n) is 8.79. The number of carbonyl (C=O) groups is 2. The van der Waals surface area contributed by atoms with Gasteiger partial charge in [-0.05, 0) is 61.2 Å². The second kappa shape index (κ2) is 12.4. The van der Waals surface area contributed by atoms with Crippen LogP contribution in [0.3, 0.4) is 0 Å². The topological polar surface area (TPSA) is 78.6 Å². The van der Waals surface area contributed by atoms with Crippen LogP contribution in [-0.2, 0) is 25.5 Å². The summed E-state index contributed by atoms with van der Waals surface area (Å²) >= 11 is 8.03. The summed E-state index contributed by atoms with van der Waals surface area (Å²) in [5.41, 5.74) is 8.39. The fourth-order valence-electron chi connectivity index (χ4n) is 3.51. The van der Waals surface area contributed by atoms with E-state index in [4.69, 9.17) is 26.8 Å². The quantitative estimate of drug-likeness (QED) is 0.308. The van der Waals surface area contributed by atoms with Crippen molar-refractivity contribution in [3.8, 4) is 11.1 Å². The van der Waals surface area contributed by atoms with Crippen LogP contribution in [0.4, 0.5) is 4.39 Å². The average molecular weight is 530 g/mol. The van der Waals surface area contributed by atoms with Gasteiger partial charge in [0.05, 0.1) is 5.54 Å². The Morgan fingerprint density at radius 1 is 0.944 bits per heavy atom. The predicted octanol–water partition coefficient (Wildman–Crippen LogP) is 6.36. The minimum Gasteiger partial charge on any atom is -0.464 e. The maximum absolute atomic E-state index is 15.0. The van der Waals surface area contributed by atoms with Crippen LogP contribution in [-0.4, -0.2) is 30.7 Å². The van der Waals surface area contributed by atoms with Gasteiger partial charge in [-0.25, -0.2) is 4.39 Å². The number of carbonyl (C=O) groups excluding carboxylic acids is 2. The van der Waals surface area contributed by atoms with Crippen molar-refractivity contribution >= 4 is 35.3 Å². The first kappa shape index (κ1) is 27.7. The molecule has 0 unspecified atom stereocenters. The van der Waals surface area contributed by atoms with E-state index in [1.54, 1.807) is 12.1 Å². The molecule has 3 rings (SSSR count). The van der Waals surface area contributed by atoms with Crippen LogP contribution in [0.25, 0.3) is 11.1 Å². The van der Waals surface area contributed by atoms with E-state index in [1.165, 1.54) is 37.2 Å². The van der Waals surface area contributed by atoms with E-state index in [1.807, 2.05) is 49.4 Å². The minimum absolute atomic E-state index is 0.0938. The van der Waals surface area contributed by atoms with Crippen LogP contribution >= 0.6 is 23.4 Å². The van der Waals surface area contributed by atoms with Gasteiger partial charge in [0.25, 0.3) is 0 Å². The fourth-order valence-corrected chi connectivity index (χ4v) is 4.63. The van der Waals surface area contributed by atoms with Gasteiger partial charge in [-0.15, -0.1) is 0 Å². The summed E-state index contributed by atoms with van der Waals surface area (Å²) in [6, 6.07) is 18.6. The lowest BCUT2D eigenvalue weighted by atomic mass is 9.93.